The number of hydrogen-bond donors (Lipinski definition) is 1. The minimum absolute atomic E-state index is 0.0956. The molecule has 2 amide bonds. The van der Waals surface area contributed by atoms with Crippen LogP contribution in [-0.2, 0) is 16.2 Å². The van der Waals surface area contributed by atoms with E-state index >= 15 is 0 Å². The van der Waals surface area contributed by atoms with Gasteiger partial charge in [0.1, 0.15) is 12.2 Å². The number of amides is 2. The summed E-state index contributed by atoms with van der Waals surface area (Å²) in [5.74, 6) is -0.374. The lowest BCUT2D eigenvalue weighted by Gasteiger charge is -2.29. The summed E-state index contributed by atoms with van der Waals surface area (Å²) in [5, 5.41) is 2.82. The molecule has 1 fully saturated rings. The Balaban J connectivity index is 1.66. The maximum atomic E-state index is 13.3. The summed E-state index contributed by atoms with van der Waals surface area (Å²) in [6.45, 7) is 0.316. The molecule has 1 heterocycles. The van der Waals surface area contributed by atoms with Crippen molar-refractivity contribution in [3.8, 4) is 11.5 Å². The number of nitrogens with one attached hydrogen (secondary N) is 1. The van der Waals surface area contributed by atoms with Crippen molar-refractivity contribution in [2.24, 2.45) is 0 Å². The number of rotatable bonds is 6. The molecule has 0 radical (unpaired) electrons. The summed E-state index contributed by atoms with van der Waals surface area (Å²) < 4.78 is 13.0. The van der Waals surface area contributed by atoms with Gasteiger partial charge in [0.25, 0.3) is 11.8 Å². The SMILES string of the molecule is COc1cc(/C=C2\C(=O)NC(=S)N(c3cccc(Cl)c3Cl)C2=O)cc(Br)c1OCc1ccc(Br)cc1. The van der Waals surface area contributed by atoms with Crippen molar-refractivity contribution < 1.29 is 19.1 Å². The maximum absolute atomic E-state index is 13.3. The number of thiocarbonyl (C=S) groups is 1. The molecule has 1 saturated heterocycles. The van der Waals surface area contributed by atoms with Crippen molar-refractivity contribution in [3.05, 3.63) is 90.3 Å². The molecule has 11 heteroatoms. The Hall–Kier alpha value is -2.43. The molecule has 0 aromatic heterocycles. The van der Waals surface area contributed by atoms with Crippen molar-refractivity contribution in [2.45, 2.75) is 6.61 Å². The fourth-order valence-corrected chi connectivity index (χ4v) is 4.90. The zero-order valence-corrected chi connectivity index (χ0v) is 24.0. The molecule has 6 nitrogen and oxygen atoms in total. The molecule has 0 unspecified atom stereocenters. The van der Waals surface area contributed by atoms with Gasteiger partial charge >= 0.3 is 0 Å². The summed E-state index contributed by atoms with van der Waals surface area (Å²) in [4.78, 5) is 27.2. The smallest absolute Gasteiger partial charge is 0.270 e. The first-order valence-electron chi connectivity index (χ1n) is 10.3. The zero-order valence-electron chi connectivity index (χ0n) is 18.5. The molecule has 184 valence electrons. The van der Waals surface area contributed by atoms with Crippen molar-refractivity contribution >= 4 is 96.0 Å². The number of methoxy groups -OCH3 is 1. The molecule has 3 aromatic rings. The van der Waals surface area contributed by atoms with Crippen LogP contribution < -0.4 is 19.7 Å². The second kappa shape index (κ2) is 11.3. The number of hydrogen-bond acceptors (Lipinski definition) is 5. The molecule has 0 atom stereocenters. The topological polar surface area (TPSA) is 67.9 Å². The average molecular weight is 671 g/mol. The number of carbonyl (C=O) groups is 2. The van der Waals surface area contributed by atoms with E-state index in [0.29, 0.717) is 28.1 Å². The second-order valence-electron chi connectivity index (χ2n) is 7.48. The van der Waals surface area contributed by atoms with Crippen LogP contribution in [0.15, 0.2) is 69.1 Å². The number of carbonyl (C=O) groups excluding carboxylic acids is 2. The van der Waals surface area contributed by atoms with Crippen LogP contribution in [0.1, 0.15) is 11.1 Å². The highest BCUT2D eigenvalue weighted by atomic mass is 79.9. The van der Waals surface area contributed by atoms with Crippen molar-refractivity contribution in [1.82, 2.24) is 5.32 Å². The van der Waals surface area contributed by atoms with Gasteiger partial charge in [0, 0.05) is 4.47 Å². The van der Waals surface area contributed by atoms with Gasteiger partial charge in [-0.3, -0.25) is 19.8 Å². The largest absolute Gasteiger partial charge is 0.493 e. The molecule has 1 aliphatic rings. The molecule has 1 aliphatic heterocycles. The Morgan fingerprint density at radius 2 is 1.81 bits per heavy atom. The van der Waals surface area contributed by atoms with E-state index in [0.717, 1.165) is 14.9 Å². The van der Waals surface area contributed by atoms with Crippen LogP contribution in [0.5, 0.6) is 11.5 Å². The fraction of sp³-hybridized carbons (Fsp3) is 0.0800. The molecular formula is C25H16Br2Cl2N2O4S. The maximum Gasteiger partial charge on any atom is 0.270 e. The first-order chi connectivity index (χ1) is 17.2. The van der Waals surface area contributed by atoms with E-state index in [4.69, 9.17) is 44.9 Å². The van der Waals surface area contributed by atoms with Crippen LogP contribution in [0.25, 0.3) is 6.08 Å². The molecule has 0 aliphatic carbocycles. The fourth-order valence-electron chi connectivity index (χ4n) is 3.41. The Kier molecular flexibility index (Phi) is 8.37. The Bertz CT molecular complexity index is 1410. The third kappa shape index (κ3) is 5.60. The molecule has 1 N–H and O–H groups in total. The van der Waals surface area contributed by atoms with Crippen LogP contribution in [0.2, 0.25) is 10.0 Å². The molecule has 0 saturated carbocycles. The first kappa shape index (κ1) is 26.6. The van der Waals surface area contributed by atoms with Crippen LogP contribution in [-0.4, -0.2) is 24.0 Å². The molecule has 3 aromatic carbocycles. The van der Waals surface area contributed by atoms with Crippen LogP contribution in [0.3, 0.4) is 0 Å². The normalized spacial score (nSPS) is 14.8. The lowest BCUT2D eigenvalue weighted by atomic mass is 10.1. The standard InChI is InChI=1S/C25H16Br2Cl2N2O4S/c1-34-20-11-14(10-17(27)22(20)35-12-13-5-7-15(26)8-6-13)9-16-23(32)30-25(36)31(24(16)33)19-4-2-3-18(28)21(19)29/h2-11H,12H2,1H3,(H,30,32,36)/b16-9+. The van der Waals surface area contributed by atoms with E-state index in [9.17, 15) is 9.59 Å². The summed E-state index contributed by atoms with van der Waals surface area (Å²) in [6, 6.07) is 15.9. The first-order valence-corrected chi connectivity index (χ1v) is 13.0. The van der Waals surface area contributed by atoms with Gasteiger partial charge in [0.05, 0.1) is 27.3 Å². The number of anilines is 1. The van der Waals surface area contributed by atoms with Crippen LogP contribution in [0, 0.1) is 0 Å². The Morgan fingerprint density at radius 3 is 2.50 bits per heavy atom. The van der Waals surface area contributed by atoms with Gasteiger partial charge in [-0.2, -0.15) is 0 Å². The van der Waals surface area contributed by atoms with E-state index in [1.807, 2.05) is 24.3 Å². The lowest BCUT2D eigenvalue weighted by Crippen LogP contribution is -2.54. The molecule has 0 spiro atoms. The van der Waals surface area contributed by atoms with Crippen LogP contribution >= 0.6 is 67.3 Å². The number of benzene rings is 3. The van der Waals surface area contributed by atoms with E-state index in [1.165, 1.54) is 13.2 Å². The van der Waals surface area contributed by atoms with Crippen LogP contribution in [0.4, 0.5) is 5.69 Å². The van der Waals surface area contributed by atoms with Gasteiger partial charge in [-0.05, 0) is 81.7 Å². The van der Waals surface area contributed by atoms with Gasteiger partial charge in [0.15, 0.2) is 16.6 Å². The minimum atomic E-state index is -0.640. The Morgan fingerprint density at radius 1 is 1.08 bits per heavy atom. The number of nitrogens with zero attached hydrogens (tertiary/aromatic N) is 1. The molecule has 4 rings (SSSR count). The summed E-state index contributed by atoms with van der Waals surface area (Å²) in [6.07, 6.45) is 1.44. The summed E-state index contributed by atoms with van der Waals surface area (Å²) >= 11 is 24.6. The monoisotopic (exact) mass is 668 g/mol. The average Bonchev–Trinajstić information content (AvgIpc) is 2.84. The van der Waals surface area contributed by atoms with E-state index < -0.39 is 11.8 Å². The van der Waals surface area contributed by atoms with Gasteiger partial charge in [0.2, 0.25) is 0 Å². The van der Waals surface area contributed by atoms with Gasteiger partial charge in [-0.25, -0.2) is 0 Å². The lowest BCUT2D eigenvalue weighted by molar-refractivity contribution is -0.122. The van der Waals surface area contributed by atoms with E-state index in [2.05, 4.69) is 37.2 Å². The zero-order chi connectivity index (χ0) is 26.0. The molecule has 0 bridgehead atoms. The van der Waals surface area contributed by atoms with Crippen molar-refractivity contribution in [3.63, 3.8) is 0 Å². The quantitative estimate of drug-likeness (QED) is 0.175. The van der Waals surface area contributed by atoms with Gasteiger partial charge in [-0.15, -0.1) is 0 Å². The third-order valence-corrected chi connectivity index (χ3v) is 7.34. The van der Waals surface area contributed by atoms with E-state index in [-0.39, 0.29) is 26.4 Å². The predicted octanol–water partition coefficient (Wildman–Crippen LogP) is 6.94. The summed E-state index contributed by atoms with van der Waals surface area (Å²) in [7, 11) is 1.50. The van der Waals surface area contributed by atoms with Crippen molar-refractivity contribution in [1.29, 1.82) is 0 Å². The summed E-state index contributed by atoms with van der Waals surface area (Å²) in [5.41, 5.74) is 1.62. The number of halogens is 4. The highest BCUT2D eigenvalue weighted by molar-refractivity contribution is 9.10. The predicted molar refractivity (Wildman–Crippen MR) is 152 cm³/mol. The highest BCUT2D eigenvalue weighted by Crippen LogP contribution is 2.39. The number of ether oxygens (including phenoxy) is 2. The minimum Gasteiger partial charge on any atom is -0.493 e. The Labute approximate surface area is 239 Å². The molecule has 36 heavy (non-hydrogen) atoms. The highest BCUT2D eigenvalue weighted by Gasteiger charge is 2.35. The van der Waals surface area contributed by atoms with E-state index in [1.54, 1.807) is 30.3 Å². The van der Waals surface area contributed by atoms with Gasteiger partial charge < -0.3 is 9.47 Å². The second-order valence-corrected chi connectivity index (χ2v) is 10.4. The molecular weight excluding hydrogens is 655 g/mol. The third-order valence-electron chi connectivity index (χ3n) is 5.13. The van der Waals surface area contributed by atoms with Crippen molar-refractivity contribution in [2.75, 3.05) is 12.0 Å². The van der Waals surface area contributed by atoms with Gasteiger partial charge in [-0.1, -0.05) is 57.3 Å².